The van der Waals surface area contributed by atoms with Gasteiger partial charge in [0, 0.05) is 49.7 Å². The highest BCUT2D eigenvalue weighted by atomic mass is 16.2. The first-order valence-corrected chi connectivity index (χ1v) is 11.9. The molecule has 4 aromatic rings. The van der Waals surface area contributed by atoms with Crippen molar-refractivity contribution in [3.05, 3.63) is 90.4 Å². The molecule has 2 aromatic heterocycles. The minimum atomic E-state index is -0.291. The summed E-state index contributed by atoms with van der Waals surface area (Å²) in [5.41, 5.74) is 11.1. The average molecular weight is 481 g/mol. The standard InChI is InChI=1S/C28H28N6O2/c1-33-17-23(16-31-33)22-14-25(27(29)30-15-22)28(36)32-24-10-11-34(18-24)26(35)13-19-6-5-9-21(12-19)20-7-3-2-4-8-20/h2-9,12,14-17,24H,10-11,13,18H2,1H3,(H2,29,30)(H,32,36). The van der Waals surface area contributed by atoms with E-state index in [4.69, 9.17) is 5.73 Å². The number of likely N-dealkylation sites (tertiary alicyclic amines) is 1. The van der Waals surface area contributed by atoms with Crippen LogP contribution in [0.4, 0.5) is 5.82 Å². The largest absolute Gasteiger partial charge is 0.383 e. The van der Waals surface area contributed by atoms with Gasteiger partial charge in [-0.3, -0.25) is 14.3 Å². The maximum Gasteiger partial charge on any atom is 0.255 e. The van der Waals surface area contributed by atoms with Gasteiger partial charge < -0.3 is 16.0 Å². The number of aryl methyl sites for hydroxylation is 1. The van der Waals surface area contributed by atoms with Crippen molar-refractivity contribution >= 4 is 17.6 Å². The van der Waals surface area contributed by atoms with Gasteiger partial charge in [-0.05, 0) is 29.2 Å². The summed E-state index contributed by atoms with van der Waals surface area (Å²) in [6.45, 7) is 1.07. The number of nitrogens with zero attached hydrogens (tertiary/aromatic N) is 4. The van der Waals surface area contributed by atoms with Crippen LogP contribution in [-0.2, 0) is 18.3 Å². The molecule has 3 N–H and O–H groups in total. The number of pyridine rings is 1. The van der Waals surface area contributed by atoms with E-state index < -0.39 is 0 Å². The topological polar surface area (TPSA) is 106 Å². The van der Waals surface area contributed by atoms with E-state index in [1.54, 1.807) is 23.1 Å². The number of nitrogen functional groups attached to an aromatic ring is 1. The molecule has 1 aliphatic heterocycles. The van der Waals surface area contributed by atoms with E-state index in [0.717, 1.165) is 27.8 Å². The fourth-order valence-electron chi connectivity index (χ4n) is 4.53. The first-order chi connectivity index (χ1) is 17.5. The number of carbonyl (C=O) groups excluding carboxylic acids is 2. The van der Waals surface area contributed by atoms with Gasteiger partial charge in [0.05, 0.1) is 18.2 Å². The number of amides is 2. The van der Waals surface area contributed by atoms with Crippen molar-refractivity contribution in [2.75, 3.05) is 18.8 Å². The molecule has 8 heteroatoms. The molecule has 0 bridgehead atoms. The summed E-state index contributed by atoms with van der Waals surface area (Å²) >= 11 is 0. The number of hydrogen-bond donors (Lipinski definition) is 2. The fraction of sp³-hybridized carbons (Fsp3) is 0.214. The van der Waals surface area contributed by atoms with Crippen LogP contribution in [-0.4, -0.2) is 50.6 Å². The second kappa shape index (κ2) is 10.0. The Bertz CT molecular complexity index is 1400. The third kappa shape index (κ3) is 5.12. The van der Waals surface area contributed by atoms with E-state index in [-0.39, 0.29) is 23.7 Å². The van der Waals surface area contributed by atoms with Crippen molar-refractivity contribution in [2.45, 2.75) is 18.9 Å². The zero-order chi connectivity index (χ0) is 25.1. The summed E-state index contributed by atoms with van der Waals surface area (Å²) in [7, 11) is 1.83. The number of nitrogens with two attached hydrogens (primary N) is 1. The van der Waals surface area contributed by atoms with Crippen molar-refractivity contribution in [1.82, 2.24) is 25.0 Å². The van der Waals surface area contributed by atoms with Crippen molar-refractivity contribution in [3.63, 3.8) is 0 Å². The van der Waals surface area contributed by atoms with Gasteiger partial charge in [0.25, 0.3) is 5.91 Å². The molecule has 1 atom stereocenters. The highest BCUT2D eigenvalue weighted by Crippen LogP contribution is 2.23. The summed E-state index contributed by atoms with van der Waals surface area (Å²) < 4.78 is 1.69. The molecule has 1 unspecified atom stereocenters. The Hall–Kier alpha value is -4.46. The van der Waals surface area contributed by atoms with Crippen molar-refractivity contribution < 1.29 is 9.59 Å². The molecule has 36 heavy (non-hydrogen) atoms. The van der Waals surface area contributed by atoms with Crippen molar-refractivity contribution in [3.8, 4) is 22.3 Å². The van der Waals surface area contributed by atoms with E-state index in [1.807, 2.05) is 48.5 Å². The molecule has 5 rings (SSSR count). The number of benzene rings is 2. The monoisotopic (exact) mass is 480 g/mol. The van der Waals surface area contributed by atoms with Crippen LogP contribution in [0.25, 0.3) is 22.3 Å². The van der Waals surface area contributed by atoms with Crippen molar-refractivity contribution in [2.24, 2.45) is 7.05 Å². The van der Waals surface area contributed by atoms with Crippen LogP contribution in [0.2, 0.25) is 0 Å². The molecular formula is C28H28N6O2. The first kappa shape index (κ1) is 23.3. The summed E-state index contributed by atoms with van der Waals surface area (Å²) in [5, 5.41) is 7.19. The predicted octanol–water partition coefficient (Wildman–Crippen LogP) is 3.30. The molecule has 2 amide bonds. The van der Waals surface area contributed by atoms with Crippen LogP contribution in [0.1, 0.15) is 22.3 Å². The van der Waals surface area contributed by atoms with Crippen LogP contribution in [0.15, 0.2) is 79.3 Å². The van der Waals surface area contributed by atoms with Gasteiger partial charge in [0.1, 0.15) is 5.82 Å². The number of aromatic nitrogens is 3. The molecule has 182 valence electrons. The Morgan fingerprint density at radius 3 is 2.58 bits per heavy atom. The Labute approximate surface area is 209 Å². The van der Waals surface area contributed by atoms with E-state index in [0.29, 0.717) is 31.5 Å². The molecule has 3 heterocycles. The number of nitrogens with one attached hydrogen (secondary N) is 1. The second-order valence-electron chi connectivity index (χ2n) is 9.10. The van der Waals surface area contributed by atoms with Gasteiger partial charge >= 0.3 is 0 Å². The highest BCUT2D eigenvalue weighted by Gasteiger charge is 2.28. The minimum Gasteiger partial charge on any atom is -0.383 e. The van der Waals surface area contributed by atoms with Crippen LogP contribution in [0.5, 0.6) is 0 Å². The summed E-state index contributed by atoms with van der Waals surface area (Å²) in [6.07, 6.45) is 6.21. The lowest BCUT2D eigenvalue weighted by molar-refractivity contribution is -0.129. The zero-order valence-electron chi connectivity index (χ0n) is 20.1. The van der Waals surface area contributed by atoms with Crippen LogP contribution in [0, 0.1) is 0 Å². The smallest absolute Gasteiger partial charge is 0.255 e. The number of rotatable bonds is 6. The third-order valence-corrected chi connectivity index (χ3v) is 6.47. The Morgan fingerprint density at radius 2 is 1.81 bits per heavy atom. The van der Waals surface area contributed by atoms with Gasteiger partial charge in [-0.1, -0.05) is 54.6 Å². The molecule has 0 aliphatic carbocycles. The maximum absolute atomic E-state index is 13.0. The van der Waals surface area contributed by atoms with E-state index in [9.17, 15) is 9.59 Å². The molecule has 0 spiro atoms. The molecule has 1 fully saturated rings. The maximum atomic E-state index is 13.0. The van der Waals surface area contributed by atoms with Gasteiger partial charge in [-0.25, -0.2) is 4.98 Å². The lowest BCUT2D eigenvalue weighted by Crippen LogP contribution is -2.39. The first-order valence-electron chi connectivity index (χ1n) is 11.9. The molecule has 2 aromatic carbocycles. The highest BCUT2D eigenvalue weighted by molar-refractivity contribution is 5.99. The number of carbonyl (C=O) groups is 2. The van der Waals surface area contributed by atoms with E-state index in [1.165, 1.54) is 0 Å². The molecule has 8 nitrogen and oxygen atoms in total. The second-order valence-corrected chi connectivity index (χ2v) is 9.10. The van der Waals surface area contributed by atoms with Crippen molar-refractivity contribution in [1.29, 1.82) is 0 Å². The Balaban J connectivity index is 1.21. The molecule has 0 saturated carbocycles. The Morgan fingerprint density at radius 1 is 1.00 bits per heavy atom. The molecule has 1 saturated heterocycles. The summed E-state index contributed by atoms with van der Waals surface area (Å²) in [6, 6.07) is 19.8. The molecular weight excluding hydrogens is 452 g/mol. The fourth-order valence-corrected chi connectivity index (χ4v) is 4.53. The Kier molecular flexibility index (Phi) is 6.49. The SMILES string of the molecule is Cn1cc(-c2cnc(N)c(C(=O)NC3CCN(C(=O)Cc4cccc(-c5ccccc5)c4)C3)c2)cn1. The lowest BCUT2D eigenvalue weighted by Gasteiger charge is -2.18. The van der Waals surface area contributed by atoms with E-state index in [2.05, 4.69) is 39.7 Å². The van der Waals surface area contributed by atoms with Gasteiger partial charge in [-0.2, -0.15) is 5.10 Å². The van der Waals surface area contributed by atoms with Gasteiger partial charge in [-0.15, -0.1) is 0 Å². The quantitative estimate of drug-likeness (QED) is 0.440. The van der Waals surface area contributed by atoms with Crippen LogP contribution >= 0.6 is 0 Å². The number of hydrogen-bond acceptors (Lipinski definition) is 5. The minimum absolute atomic E-state index is 0.0525. The summed E-state index contributed by atoms with van der Waals surface area (Å²) in [4.78, 5) is 32.0. The van der Waals surface area contributed by atoms with Gasteiger partial charge in [0.15, 0.2) is 0 Å². The normalized spacial score (nSPS) is 15.1. The third-order valence-electron chi connectivity index (χ3n) is 6.47. The average Bonchev–Trinajstić information content (AvgIpc) is 3.54. The zero-order valence-corrected chi connectivity index (χ0v) is 20.1. The lowest BCUT2D eigenvalue weighted by atomic mass is 10.0. The number of anilines is 1. The summed E-state index contributed by atoms with van der Waals surface area (Å²) in [5.74, 6) is -0.0679. The van der Waals surface area contributed by atoms with E-state index >= 15 is 0 Å². The van der Waals surface area contributed by atoms with Gasteiger partial charge in [0.2, 0.25) is 5.91 Å². The predicted molar refractivity (Wildman–Crippen MR) is 139 cm³/mol. The van der Waals surface area contributed by atoms with Crippen LogP contribution < -0.4 is 11.1 Å². The molecule has 0 radical (unpaired) electrons. The molecule has 1 aliphatic rings. The van der Waals surface area contributed by atoms with Crippen LogP contribution in [0.3, 0.4) is 0 Å².